The average molecular weight is 333 g/mol. The minimum atomic E-state index is -3.69. The SMILES string of the molecule is O=S(=O)(Nc1ccc2c(c1)OCCO2)c1cnc(Cl)s1. The van der Waals surface area contributed by atoms with Gasteiger partial charge in [0.05, 0.1) is 11.9 Å². The number of thiazole rings is 1. The summed E-state index contributed by atoms with van der Waals surface area (Å²) in [6.45, 7) is 0.922. The Hall–Kier alpha value is -1.51. The Balaban J connectivity index is 1.87. The number of hydrogen-bond acceptors (Lipinski definition) is 6. The maximum Gasteiger partial charge on any atom is 0.273 e. The summed E-state index contributed by atoms with van der Waals surface area (Å²) in [5, 5.41) is 0. The first-order chi connectivity index (χ1) is 9.54. The highest BCUT2D eigenvalue weighted by molar-refractivity contribution is 7.94. The van der Waals surface area contributed by atoms with Gasteiger partial charge in [0.25, 0.3) is 10.0 Å². The highest BCUT2D eigenvalue weighted by Crippen LogP contribution is 2.33. The summed E-state index contributed by atoms with van der Waals surface area (Å²) < 4.78 is 37.7. The number of nitrogens with one attached hydrogen (secondary N) is 1. The number of aromatic nitrogens is 1. The van der Waals surface area contributed by atoms with Crippen LogP contribution in [0.3, 0.4) is 0 Å². The van der Waals surface area contributed by atoms with Gasteiger partial charge in [-0.2, -0.15) is 0 Å². The van der Waals surface area contributed by atoms with E-state index < -0.39 is 10.0 Å². The third kappa shape index (κ3) is 2.67. The highest BCUT2D eigenvalue weighted by atomic mass is 35.5. The van der Waals surface area contributed by atoms with Crippen LogP contribution in [-0.2, 0) is 10.0 Å². The van der Waals surface area contributed by atoms with Crippen LogP contribution < -0.4 is 14.2 Å². The van der Waals surface area contributed by atoms with Crippen molar-refractivity contribution >= 4 is 38.6 Å². The van der Waals surface area contributed by atoms with E-state index in [0.29, 0.717) is 30.4 Å². The molecule has 0 aliphatic carbocycles. The lowest BCUT2D eigenvalue weighted by Crippen LogP contribution is -2.16. The predicted octanol–water partition coefficient (Wildman–Crippen LogP) is 2.37. The van der Waals surface area contributed by atoms with Gasteiger partial charge >= 0.3 is 0 Å². The van der Waals surface area contributed by atoms with Crippen molar-refractivity contribution in [2.45, 2.75) is 4.21 Å². The van der Waals surface area contributed by atoms with Gasteiger partial charge in [-0.3, -0.25) is 4.72 Å². The van der Waals surface area contributed by atoms with Gasteiger partial charge < -0.3 is 9.47 Å². The van der Waals surface area contributed by atoms with Crippen molar-refractivity contribution in [2.24, 2.45) is 0 Å². The molecule has 0 saturated carbocycles. The number of nitrogens with zero attached hydrogens (tertiary/aromatic N) is 1. The fourth-order valence-corrected chi connectivity index (χ4v) is 4.02. The molecule has 106 valence electrons. The Bertz CT molecular complexity index is 745. The molecular weight excluding hydrogens is 324 g/mol. The lowest BCUT2D eigenvalue weighted by molar-refractivity contribution is 0.171. The Kier molecular flexibility index (Phi) is 3.45. The van der Waals surface area contributed by atoms with Crippen LogP contribution in [-0.4, -0.2) is 26.6 Å². The molecule has 1 aliphatic rings. The third-order valence-corrected chi connectivity index (χ3v) is 5.47. The maximum absolute atomic E-state index is 12.1. The zero-order valence-corrected chi connectivity index (χ0v) is 12.4. The van der Waals surface area contributed by atoms with E-state index in [9.17, 15) is 8.42 Å². The number of rotatable bonds is 3. The molecule has 20 heavy (non-hydrogen) atoms. The average Bonchev–Trinajstić information content (AvgIpc) is 2.86. The van der Waals surface area contributed by atoms with E-state index in [2.05, 4.69) is 9.71 Å². The van der Waals surface area contributed by atoms with Gasteiger partial charge in [-0.05, 0) is 12.1 Å². The molecule has 2 heterocycles. The summed E-state index contributed by atoms with van der Waals surface area (Å²) in [6, 6.07) is 4.84. The minimum Gasteiger partial charge on any atom is -0.486 e. The van der Waals surface area contributed by atoms with Gasteiger partial charge in [0, 0.05) is 6.07 Å². The molecule has 2 aromatic rings. The van der Waals surface area contributed by atoms with Gasteiger partial charge in [0.1, 0.15) is 13.2 Å². The van der Waals surface area contributed by atoms with Crippen molar-refractivity contribution in [1.82, 2.24) is 4.98 Å². The van der Waals surface area contributed by atoms with Gasteiger partial charge in [-0.1, -0.05) is 22.9 Å². The number of anilines is 1. The first-order valence-electron chi connectivity index (χ1n) is 5.58. The Morgan fingerprint density at radius 2 is 2.00 bits per heavy atom. The summed E-state index contributed by atoms with van der Waals surface area (Å²) in [4.78, 5) is 3.71. The summed E-state index contributed by atoms with van der Waals surface area (Å²) in [6.07, 6.45) is 1.22. The molecule has 1 aromatic heterocycles. The maximum atomic E-state index is 12.1. The standard InChI is InChI=1S/C11H9ClN2O4S2/c12-11-13-6-10(19-11)20(15,16)14-7-1-2-8-9(5-7)18-4-3-17-8/h1-2,5-6,14H,3-4H2. The summed E-state index contributed by atoms with van der Waals surface area (Å²) >= 11 is 6.53. The molecule has 1 N–H and O–H groups in total. The van der Waals surface area contributed by atoms with Crippen molar-refractivity contribution in [3.8, 4) is 11.5 Å². The number of ether oxygens (including phenoxy) is 2. The van der Waals surface area contributed by atoms with Crippen LogP contribution in [0.1, 0.15) is 0 Å². The second-order valence-electron chi connectivity index (χ2n) is 3.90. The molecule has 0 saturated heterocycles. The molecule has 6 nitrogen and oxygen atoms in total. The van der Waals surface area contributed by atoms with Gasteiger partial charge in [0.15, 0.2) is 20.2 Å². The van der Waals surface area contributed by atoms with E-state index in [0.717, 1.165) is 11.3 Å². The monoisotopic (exact) mass is 332 g/mol. The lowest BCUT2D eigenvalue weighted by Gasteiger charge is -2.19. The van der Waals surface area contributed by atoms with E-state index >= 15 is 0 Å². The molecule has 0 unspecified atom stereocenters. The molecule has 0 bridgehead atoms. The van der Waals surface area contributed by atoms with Crippen molar-refractivity contribution < 1.29 is 17.9 Å². The van der Waals surface area contributed by atoms with Crippen molar-refractivity contribution in [3.05, 3.63) is 28.9 Å². The fourth-order valence-electron chi connectivity index (χ4n) is 1.68. The first-order valence-corrected chi connectivity index (χ1v) is 8.26. The molecule has 3 rings (SSSR count). The molecule has 0 spiro atoms. The quantitative estimate of drug-likeness (QED) is 0.933. The third-order valence-electron chi connectivity index (χ3n) is 2.52. The largest absolute Gasteiger partial charge is 0.486 e. The van der Waals surface area contributed by atoms with Gasteiger partial charge in [-0.25, -0.2) is 13.4 Å². The number of halogens is 1. The zero-order valence-electron chi connectivity index (χ0n) is 10.00. The van der Waals surface area contributed by atoms with Crippen LogP contribution >= 0.6 is 22.9 Å². The molecule has 1 aliphatic heterocycles. The van der Waals surface area contributed by atoms with Gasteiger partial charge in [-0.15, -0.1) is 0 Å². The number of benzene rings is 1. The fraction of sp³-hybridized carbons (Fsp3) is 0.182. The first kappa shape index (κ1) is 13.5. The van der Waals surface area contributed by atoms with Crippen LogP contribution in [0, 0.1) is 0 Å². The summed E-state index contributed by atoms with van der Waals surface area (Å²) in [5.41, 5.74) is 0.388. The van der Waals surface area contributed by atoms with E-state index in [4.69, 9.17) is 21.1 Å². The van der Waals surface area contributed by atoms with Crippen molar-refractivity contribution in [3.63, 3.8) is 0 Å². The molecule has 1 aromatic carbocycles. The Morgan fingerprint density at radius 3 is 2.70 bits per heavy atom. The van der Waals surface area contributed by atoms with Crippen molar-refractivity contribution in [2.75, 3.05) is 17.9 Å². The normalized spacial score (nSPS) is 14.1. The van der Waals surface area contributed by atoms with Crippen molar-refractivity contribution in [1.29, 1.82) is 0 Å². The molecule has 0 amide bonds. The van der Waals surface area contributed by atoms with E-state index in [1.165, 1.54) is 6.20 Å². The zero-order chi connectivity index (χ0) is 14.2. The number of fused-ring (bicyclic) bond motifs is 1. The molecule has 0 fully saturated rings. The lowest BCUT2D eigenvalue weighted by atomic mass is 10.3. The highest BCUT2D eigenvalue weighted by Gasteiger charge is 2.19. The second kappa shape index (κ2) is 5.12. The summed E-state index contributed by atoms with van der Waals surface area (Å²) in [7, 11) is -3.69. The van der Waals surface area contributed by atoms with E-state index in [1.54, 1.807) is 18.2 Å². The van der Waals surface area contributed by atoms with Gasteiger partial charge in [0.2, 0.25) is 0 Å². The van der Waals surface area contributed by atoms with E-state index in [-0.39, 0.29) is 8.68 Å². The van der Waals surface area contributed by atoms with Crippen LogP contribution in [0.2, 0.25) is 4.47 Å². The predicted molar refractivity (Wildman–Crippen MR) is 75.4 cm³/mol. The van der Waals surface area contributed by atoms with Crippen LogP contribution in [0.5, 0.6) is 11.5 Å². The topological polar surface area (TPSA) is 77.5 Å². The second-order valence-corrected chi connectivity index (χ2v) is 7.42. The molecule has 0 radical (unpaired) electrons. The summed E-state index contributed by atoms with van der Waals surface area (Å²) in [5.74, 6) is 1.11. The minimum absolute atomic E-state index is 0.0531. The van der Waals surface area contributed by atoms with Crippen LogP contribution in [0.15, 0.2) is 28.6 Å². The van der Waals surface area contributed by atoms with E-state index in [1.807, 2.05) is 0 Å². The van der Waals surface area contributed by atoms with Crippen LogP contribution in [0.4, 0.5) is 5.69 Å². The Labute approximate surface area is 124 Å². The molecule has 0 atom stereocenters. The number of sulfonamides is 1. The molecule has 9 heteroatoms. The molecular formula is C11H9ClN2O4S2. The smallest absolute Gasteiger partial charge is 0.273 e. The number of hydrogen-bond donors (Lipinski definition) is 1. The van der Waals surface area contributed by atoms with Crippen LogP contribution in [0.25, 0.3) is 0 Å². The Morgan fingerprint density at radius 1 is 1.25 bits per heavy atom.